The topological polar surface area (TPSA) is 38.0 Å². The zero-order valence-corrected chi connectivity index (χ0v) is 17.7. The molecule has 2 aromatic carbocycles. The molecule has 0 saturated carbocycles. The fourth-order valence-corrected chi connectivity index (χ4v) is 4.18. The number of para-hydroxylation sites is 1. The first kappa shape index (κ1) is 20.6. The van der Waals surface area contributed by atoms with E-state index in [0.29, 0.717) is 5.92 Å². The second kappa shape index (κ2) is 9.35. The van der Waals surface area contributed by atoms with Crippen LogP contribution in [0.5, 0.6) is 0 Å². The van der Waals surface area contributed by atoms with Crippen LogP contribution in [0.3, 0.4) is 0 Å². The maximum Gasteiger partial charge on any atom is 0.282 e. The minimum atomic E-state index is -0.0297. The number of piperazine rings is 1. The van der Waals surface area contributed by atoms with Crippen LogP contribution < -0.4 is 15.1 Å². The molecule has 1 aliphatic heterocycles. The van der Waals surface area contributed by atoms with Gasteiger partial charge in [0.2, 0.25) is 0 Å². The number of carbonyl (C=O) groups is 1. The highest BCUT2D eigenvalue weighted by molar-refractivity contribution is 5.95. The van der Waals surface area contributed by atoms with Crippen molar-refractivity contribution in [2.75, 3.05) is 31.5 Å². The maximum absolute atomic E-state index is 13.0. The lowest BCUT2D eigenvalue weighted by atomic mass is 9.98. The molecule has 28 heavy (non-hydrogen) atoms. The quantitative estimate of drug-likeness (QED) is 0.696. The van der Waals surface area contributed by atoms with Gasteiger partial charge in [-0.05, 0) is 30.9 Å². The van der Waals surface area contributed by atoms with E-state index < -0.39 is 0 Å². The van der Waals surface area contributed by atoms with Crippen LogP contribution in [0.25, 0.3) is 0 Å². The number of anilines is 1. The second-order valence-corrected chi connectivity index (χ2v) is 8.48. The molecule has 2 aromatic rings. The zero-order chi connectivity index (χ0) is 20.1. The van der Waals surface area contributed by atoms with E-state index >= 15 is 0 Å². The van der Waals surface area contributed by atoms with Crippen LogP contribution in [-0.2, 0) is 11.3 Å². The summed E-state index contributed by atoms with van der Waals surface area (Å²) >= 11 is 0. The van der Waals surface area contributed by atoms with E-state index in [4.69, 9.17) is 0 Å². The third kappa shape index (κ3) is 5.00. The molecule has 0 bridgehead atoms. The van der Waals surface area contributed by atoms with Gasteiger partial charge >= 0.3 is 0 Å². The number of quaternary nitrogens is 2. The number of hydrogen-bond donors (Lipinski definition) is 3. The Bertz CT molecular complexity index is 780. The molecule has 150 valence electrons. The number of rotatable bonds is 6. The number of amides is 1. The molecule has 3 rings (SSSR count). The van der Waals surface area contributed by atoms with Gasteiger partial charge in [0.05, 0.1) is 0 Å². The molecular weight excluding hydrogens is 346 g/mol. The normalized spacial score (nSPS) is 20.8. The Labute approximate surface area is 169 Å². The van der Waals surface area contributed by atoms with Gasteiger partial charge in [0.1, 0.15) is 32.7 Å². The van der Waals surface area contributed by atoms with Crippen LogP contribution in [0.15, 0.2) is 48.5 Å². The van der Waals surface area contributed by atoms with Crippen molar-refractivity contribution in [2.24, 2.45) is 0 Å². The molecule has 1 fully saturated rings. The van der Waals surface area contributed by atoms with Crippen molar-refractivity contribution in [3.8, 4) is 0 Å². The van der Waals surface area contributed by atoms with Crippen molar-refractivity contribution < 1.29 is 14.6 Å². The molecular formula is C24H35N3O+2. The molecule has 0 radical (unpaired) electrons. The third-order valence-corrected chi connectivity index (χ3v) is 6.08. The van der Waals surface area contributed by atoms with Gasteiger partial charge in [-0.3, -0.25) is 4.79 Å². The summed E-state index contributed by atoms with van der Waals surface area (Å²) in [6.07, 6.45) is 0. The molecule has 0 spiro atoms. The molecule has 1 aliphatic rings. The smallest absolute Gasteiger partial charge is 0.282 e. The molecule has 0 aromatic heterocycles. The molecule has 4 nitrogen and oxygen atoms in total. The molecule has 1 atom stereocenters. The first-order chi connectivity index (χ1) is 13.5. The summed E-state index contributed by atoms with van der Waals surface area (Å²) in [7, 11) is 0. The van der Waals surface area contributed by atoms with Gasteiger partial charge in [-0.2, -0.15) is 0 Å². The summed E-state index contributed by atoms with van der Waals surface area (Å²) in [6, 6.07) is 16.9. The van der Waals surface area contributed by atoms with Gasteiger partial charge in [-0.15, -0.1) is 0 Å². The van der Waals surface area contributed by atoms with Crippen molar-refractivity contribution in [3.63, 3.8) is 0 Å². The molecule has 1 heterocycles. The first-order valence-electron chi connectivity index (χ1n) is 10.6. The average Bonchev–Trinajstić information content (AvgIpc) is 2.70. The minimum Gasteiger partial charge on any atom is -0.322 e. The number of benzene rings is 2. The maximum atomic E-state index is 13.0. The Morgan fingerprint density at radius 2 is 1.64 bits per heavy atom. The SMILES string of the molecule is Cc1cccc(C(C)C)c1NC(=O)[C@@H](C)[NH+]1CC[NH+](Cc2ccccc2)CC1. The van der Waals surface area contributed by atoms with Crippen molar-refractivity contribution in [3.05, 3.63) is 65.2 Å². The van der Waals surface area contributed by atoms with E-state index in [0.717, 1.165) is 44.0 Å². The third-order valence-electron chi connectivity index (χ3n) is 6.08. The minimum absolute atomic E-state index is 0.0297. The van der Waals surface area contributed by atoms with E-state index in [2.05, 4.69) is 81.5 Å². The Morgan fingerprint density at radius 3 is 2.29 bits per heavy atom. The van der Waals surface area contributed by atoms with Crippen molar-refractivity contribution in [2.45, 2.75) is 46.2 Å². The monoisotopic (exact) mass is 381 g/mol. The Kier molecular flexibility index (Phi) is 6.87. The summed E-state index contributed by atoms with van der Waals surface area (Å²) in [5, 5.41) is 3.24. The Balaban J connectivity index is 1.57. The number of carbonyl (C=O) groups excluding carboxylic acids is 1. The van der Waals surface area contributed by atoms with Crippen LogP contribution in [0.2, 0.25) is 0 Å². The van der Waals surface area contributed by atoms with Crippen LogP contribution in [0, 0.1) is 6.92 Å². The summed E-state index contributed by atoms with van der Waals surface area (Å²) in [5.41, 5.74) is 4.75. The summed E-state index contributed by atoms with van der Waals surface area (Å²) < 4.78 is 0. The molecule has 0 unspecified atom stereocenters. The fourth-order valence-electron chi connectivity index (χ4n) is 4.18. The highest BCUT2D eigenvalue weighted by Crippen LogP contribution is 2.27. The second-order valence-electron chi connectivity index (χ2n) is 8.48. The van der Waals surface area contributed by atoms with Crippen LogP contribution in [-0.4, -0.2) is 38.1 Å². The first-order valence-corrected chi connectivity index (χ1v) is 10.6. The lowest BCUT2D eigenvalue weighted by Gasteiger charge is -2.33. The van der Waals surface area contributed by atoms with E-state index in [1.165, 1.54) is 16.0 Å². The lowest BCUT2D eigenvalue weighted by molar-refractivity contribution is -1.02. The van der Waals surface area contributed by atoms with E-state index in [1.807, 2.05) is 0 Å². The molecule has 4 heteroatoms. The van der Waals surface area contributed by atoms with Gasteiger partial charge in [0, 0.05) is 11.3 Å². The predicted molar refractivity (Wildman–Crippen MR) is 115 cm³/mol. The number of nitrogens with one attached hydrogen (secondary N) is 3. The molecule has 3 N–H and O–H groups in total. The molecule has 1 saturated heterocycles. The van der Waals surface area contributed by atoms with Gasteiger partial charge in [-0.1, -0.05) is 62.4 Å². The summed E-state index contributed by atoms with van der Waals surface area (Å²) in [6.45, 7) is 13.9. The predicted octanol–water partition coefficient (Wildman–Crippen LogP) is 1.43. The van der Waals surface area contributed by atoms with E-state index in [-0.39, 0.29) is 11.9 Å². The largest absolute Gasteiger partial charge is 0.322 e. The molecule has 0 aliphatic carbocycles. The van der Waals surface area contributed by atoms with Crippen molar-refractivity contribution in [1.82, 2.24) is 0 Å². The Hall–Kier alpha value is -2.17. The van der Waals surface area contributed by atoms with Gasteiger partial charge < -0.3 is 15.1 Å². The zero-order valence-electron chi connectivity index (χ0n) is 17.7. The van der Waals surface area contributed by atoms with Crippen LogP contribution in [0.4, 0.5) is 5.69 Å². The van der Waals surface area contributed by atoms with Crippen LogP contribution >= 0.6 is 0 Å². The van der Waals surface area contributed by atoms with Gasteiger partial charge in [0.25, 0.3) is 5.91 Å². The fraction of sp³-hybridized carbons (Fsp3) is 0.458. The number of hydrogen-bond acceptors (Lipinski definition) is 1. The molecule has 1 amide bonds. The highest BCUT2D eigenvalue weighted by atomic mass is 16.2. The Morgan fingerprint density at radius 1 is 0.964 bits per heavy atom. The average molecular weight is 382 g/mol. The van der Waals surface area contributed by atoms with E-state index in [9.17, 15) is 4.79 Å². The van der Waals surface area contributed by atoms with E-state index in [1.54, 1.807) is 4.90 Å². The number of aryl methyl sites for hydroxylation is 1. The van der Waals surface area contributed by atoms with Crippen molar-refractivity contribution >= 4 is 11.6 Å². The van der Waals surface area contributed by atoms with Gasteiger partial charge in [0.15, 0.2) is 6.04 Å². The lowest BCUT2D eigenvalue weighted by Crippen LogP contribution is -3.29. The standard InChI is InChI=1S/C24H33N3O/c1-18(2)22-12-8-9-19(3)23(22)25-24(28)20(4)27-15-13-26(14-16-27)17-21-10-6-5-7-11-21/h5-12,18,20H,13-17H2,1-4H3,(H,25,28)/p+2/t20-/m1/s1. The summed E-state index contributed by atoms with van der Waals surface area (Å²) in [4.78, 5) is 16.0. The highest BCUT2D eigenvalue weighted by Gasteiger charge is 2.31. The van der Waals surface area contributed by atoms with Crippen molar-refractivity contribution in [1.29, 1.82) is 0 Å². The van der Waals surface area contributed by atoms with Crippen LogP contribution in [0.1, 0.15) is 43.4 Å². The summed E-state index contributed by atoms with van der Waals surface area (Å²) in [5.74, 6) is 0.528. The van der Waals surface area contributed by atoms with Gasteiger partial charge in [-0.25, -0.2) is 0 Å².